The van der Waals surface area contributed by atoms with Gasteiger partial charge in [-0.1, -0.05) is 113 Å². The van der Waals surface area contributed by atoms with E-state index < -0.39 is 11.8 Å². The Labute approximate surface area is 212 Å². The SMILES string of the molecule is [2H]C([2H])(C1=NN(c2c(C(C)C)cccc2C(C)C)CN1c1c(C(C)C)cccc1C(C)C)C(C)(C)C. The molecule has 0 bridgehead atoms. The molecule has 186 valence electrons. The molecule has 1 heterocycles. The molecular formula is C31H47N3. The Bertz CT molecular complexity index is 1050. The first-order chi connectivity index (χ1) is 16.6. The zero-order chi connectivity index (χ0) is 27.2. The molecule has 3 heteroatoms. The van der Waals surface area contributed by atoms with E-state index >= 15 is 0 Å². The van der Waals surface area contributed by atoms with Gasteiger partial charge in [-0.15, -0.1) is 0 Å². The highest BCUT2D eigenvalue weighted by Crippen LogP contribution is 2.42. The molecule has 0 aromatic heterocycles. The van der Waals surface area contributed by atoms with E-state index in [-0.39, 0.29) is 0 Å². The highest BCUT2D eigenvalue weighted by Gasteiger charge is 2.34. The van der Waals surface area contributed by atoms with E-state index in [0.717, 1.165) is 11.4 Å². The molecule has 2 aromatic carbocycles. The number of hydrazone groups is 1. The van der Waals surface area contributed by atoms with E-state index in [1.165, 1.54) is 22.3 Å². The lowest BCUT2D eigenvalue weighted by Crippen LogP contribution is -2.35. The summed E-state index contributed by atoms with van der Waals surface area (Å²) in [4.78, 5) is 2.18. The maximum atomic E-state index is 9.31. The fourth-order valence-corrected chi connectivity index (χ4v) is 4.76. The molecule has 0 fully saturated rings. The largest absolute Gasteiger partial charge is 0.308 e. The topological polar surface area (TPSA) is 18.8 Å². The van der Waals surface area contributed by atoms with Crippen molar-refractivity contribution in [1.82, 2.24) is 0 Å². The molecule has 0 saturated carbocycles. The normalized spacial score (nSPS) is 16.1. The fourth-order valence-electron chi connectivity index (χ4n) is 4.76. The number of para-hydroxylation sites is 2. The van der Waals surface area contributed by atoms with Gasteiger partial charge in [0.1, 0.15) is 12.5 Å². The van der Waals surface area contributed by atoms with Crippen LogP contribution < -0.4 is 9.91 Å². The molecule has 0 radical (unpaired) electrons. The summed E-state index contributed by atoms with van der Waals surface area (Å²) in [6.45, 7) is 24.2. The molecule has 1 aliphatic rings. The second-order valence-corrected chi connectivity index (χ2v) is 12.0. The quantitative estimate of drug-likeness (QED) is 0.407. The Morgan fingerprint density at radius 2 is 1.12 bits per heavy atom. The minimum Gasteiger partial charge on any atom is -0.308 e. The highest BCUT2D eigenvalue weighted by molar-refractivity contribution is 6.02. The Morgan fingerprint density at radius 1 is 0.735 bits per heavy atom. The van der Waals surface area contributed by atoms with Crippen LogP contribution in [0.15, 0.2) is 41.5 Å². The van der Waals surface area contributed by atoms with Crippen molar-refractivity contribution in [2.75, 3.05) is 16.6 Å². The van der Waals surface area contributed by atoms with Gasteiger partial charge in [0.25, 0.3) is 0 Å². The molecule has 3 nitrogen and oxygen atoms in total. The molecule has 0 N–H and O–H groups in total. The van der Waals surface area contributed by atoms with Crippen LogP contribution in [-0.4, -0.2) is 12.5 Å². The van der Waals surface area contributed by atoms with Crippen molar-refractivity contribution < 1.29 is 2.74 Å². The number of nitrogens with zero attached hydrogens (tertiary/aromatic N) is 3. The lowest BCUT2D eigenvalue weighted by molar-refractivity contribution is 0.432. The van der Waals surface area contributed by atoms with Gasteiger partial charge in [-0.3, -0.25) is 0 Å². The first-order valence-electron chi connectivity index (χ1n) is 14.0. The van der Waals surface area contributed by atoms with Crippen molar-refractivity contribution in [2.24, 2.45) is 10.5 Å². The molecule has 2 aromatic rings. The average molecular weight is 464 g/mol. The molecule has 0 aliphatic carbocycles. The van der Waals surface area contributed by atoms with E-state index in [4.69, 9.17) is 5.10 Å². The van der Waals surface area contributed by atoms with Crippen LogP contribution in [0.4, 0.5) is 11.4 Å². The predicted molar refractivity (Wildman–Crippen MR) is 151 cm³/mol. The van der Waals surface area contributed by atoms with Crippen LogP contribution in [0.25, 0.3) is 0 Å². The number of benzene rings is 2. The number of hydrogen-bond donors (Lipinski definition) is 0. The van der Waals surface area contributed by atoms with Crippen molar-refractivity contribution >= 4 is 17.2 Å². The number of anilines is 2. The van der Waals surface area contributed by atoms with Gasteiger partial charge in [-0.25, -0.2) is 5.01 Å². The van der Waals surface area contributed by atoms with Crippen molar-refractivity contribution in [3.63, 3.8) is 0 Å². The van der Waals surface area contributed by atoms with Gasteiger partial charge < -0.3 is 4.90 Å². The van der Waals surface area contributed by atoms with Crippen LogP contribution in [0, 0.1) is 5.41 Å². The third-order valence-electron chi connectivity index (χ3n) is 6.45. The maximum absolute atomic E-state index is 9.31. The molecule has 1 aliphatic heterocycles. The monoisotopic (exact) mass is 463 g/mol. The lowest BCUT2D eigenvalue weighted by atomic mass is 9.89. The van der Waals surface area contributed by atoms with Crippen LogP contribution in [-0.2, 0) is 0 Å². The Balaban J connectivity index is 2.34. The number of rotatable bonds is 7. The van der Waals surface area contributed by atoms with Crippen molar-refractivity contribution in [3.8, 4) is 0 Å². The first kappa shape index (κ1) is 23.5. The third kappa shape index (κ3) is 5.50. The minimum atomic E-state index is -1.63. The first-order valence-corrected chi connectivity index (χ1v) is 13.0. The average Bonchev–Trinajstić information content (AvgIpc) is 3.22. The van der Waals surface area contributed by atoms with E-state index in [1.54, 1.807) is 0 Å². The molecule has 0 spiro atoms. The van der Waals surface area contributed by atoms with Crippen molar-refractivity contribution in [1.29, 1.82) is 0 Å². The van der Waals surface area contributed by atoms with Gasteiger partial charge in [0.05, 0.1) is 11.4 Å². The van der Waals surface area contributed by atoms with Crippen LogP contribution in [0.3, 0.4) is 0 Å². The summed E-state index contributed by atoms with van der Waals surface area (Å²) in [5, 5.41) is 7.22. The second kappa shape index (κ2) is 10.1. The molecular weight excluding hydrogens is 414 g/mol. The summed E-state index contributed by atoms with van der Waals surface area (Å²) >= 11 is 0. The molecule has 0 atom stereocenters. The van der Waals surface area contributed by atoms with Crippen LogP contribution >= 0.6 is 0 Å². The van der Waals surface area contributed by atoms with Gasteiger partial charge in [0.2, 0.25) is 0 Å². The van der Waals surface area contributed by atoms with E-state index in [2.05, 4.69) is 102 Å². The zero-order valence-corrected chi connectivity index (χ0v) is 23.3. The van der Waals surface area contributed by atoms with Gasteiger partial charge in [-0.05, 0) is 51.3 Å². The molecule has 0 saturated heterocycles. The van der Waals surface area contributed by atoms with Crippen LogP contribution in [0.2, 0.25) is 0 Å². The Morgan fingerprint density at radius 3 is 1.47 bits per heavy atom. The van der Waals surface area contributed by atoms with Crippen LogP contribution in [0.5, 0.6) is 0 Å². The fraction of sp³-hybridized carbons (Fsp3) is 0.581. The number of hydrogen-bond acceptors (Lipinski definition) is 3. The van der Waals surface area contributed by atoms with Gasteiger partial charge in [0, 0.05) is 9.11 Å². The minimum absolute atomic E-state index is 0.309. The summed E-state index contributed by atoms with van der Waals surface area (Å²) in [6, 6.07) is 13.1. The van der Waals surface area contributed by atoms with Crippen molar-refractivity contribution in [3.05, 3.63) is 58.7 Å². The highest BCUT2D eigenvalue weighted by atomic mass is 15.6. The summed E-state index contributed by atoms with van der Waals surface area (Å²) in [7, 11) is 0. The zero-order valence-electron chi connectivity index (χ0n) is 25.3. The Kier molecular flexibility index (Phi) is 6.99. The number of amidine groups is 1. The summed E-state index contributed by atoms with van der Waals surface area (Å²) < 4.78 is 18.6. The lowest BCUT2D eigenvalue weighted by Gasteiger charge is -2.32. The molecule has 34 heavy (non-hydrogen) atoms. The summed E-state index contributed by atoms with van der Waals surface area (Å²) in [5.74, 6) is 1.78. The Hall–Kier alpha value is -2.29. The summed E-state index contributed by atoms with van der Waals surface area (Å²) in [6.07, 6.45) is -1.63. The molecule has 0 unspecified atom stereocenters. The molecule has 3 rings (SSSR count). The van der Waals surface area contributed by atoms with Gasteiger partial charge in [0.15, 0.2) is 0 Å². The van der Waals surface area contributed by atoms with E-state index in [9.17, 15) is 2.74 Å². The second-order valence-electron chi connectivity index (χ2n) is 12.0. The third-order valence-corrected chi connectivity index (χ3v) is 6.45. The van der Waals surface area contributed by atoms with Gasteiger partial charge >= 0.3 is 0 Å². The molecule has 0 amide bonds. The standard InChI is InChI=1S/C31H47N3/c1-20(2)24-14-12-15-25(21(3)4)29(24)33-19-34(32-28(33)18-31(9,10)11)30-26(22(5)6)16-13-17-27(30)23(7)8/h12-17,20-23H,18-19H2,1-11H3/i18D2. The van der Waals surface area contributed by atoms with E-state index in [0.29, 0.717) is 36.2 Å². The predicted octanol–water partition coefficient (Wildman–Crippen LogP) is 9.21. The van der Waals surface area contributed by atoms with E-state index in [1.807, 2.05) is 20.8 Å². The van der Waals surface area contributed by atoms with Crippen molar-refractivity contribution in [2.45, 2.75) is 106 Å². The van der Waals surface area contributed by atoms with Crippen LogP contribution in [0.1, 0.15) is 131 Å². The summed E-state index contributed by atoms with van der Waals surface area (Å²) in [5.41, 5.74) is 6.60. The smallest absolute Gasteiger partial charge is 0.132 e. The maximum Gasteiger partial charge on any atom is 0.132 e. The van der Waals surface area contributed by atoms with Gasteiger partial charge in [-0.2, -0.15) is 5.10 Å².